The average Bonchev–Trinajstić information content (AvgIpc) is 2.91. The molecule has 2 aromatic rings. The van der Waals surface area contributed by atoms with Crippen LogP contribution in [0.15, 0.2) is 28.8 Å². The van der Waals surface area contributed by atoms with E-state index in [4.69, 9.17) is 14.0 Å². The fraction of sp³-hybridized carbons (Fsp3) is 0.400. The number of aliphatic hydroxyl groups excluding tert-OH is 1. The van der Waals surface area contributed by atoms with Crippen molar-refractivity contribution in [3.8, 4) is 11.5 Å². The zero-order valence-corrected chi connectivity index (χ0v) is 12.4. The molecule has 6 nitrogen and oxygen atoms in total. The Bertz CT molecular complexity index is 583. The molecule has 21 heavy (non-hydrogen) atoms. The van der Waals surface area contributed by atoms with Gasteiger partial charge in [-0.1, -0.05) is 5.16 Å². The normalized spacial score (nSPS) is 12.2. The molecule has 0 radical (unpaired) electrons. The van der Waals surface area contributed by atoms with E-state index >= 15 is 0 Å². The first-order valence-corrected chi connectivity index (χ1v) is 6.67. The van der Waals surface area contributed by atoms with Gasteiger partial charge in [0.2, 0.25) is 0 Å². The Morgan fingerprint density at radius 3 is 2.71 bits per heavy atom. The highest BCUT2D eigenvalue weighted by atomic mass is 16.5. The van der Waals surface area contributed by atoms with Gasteiger partial charge in [0, 0.05) is 24.7 Å². The van der Waals surface area contributed by atoms with Crippen LogP contribution in [-0.4, -0.2) is 31.0 Å². The predicted octanol–water partition coefficient (Wildman–Crippen LogP) is 1.82. The predicted molar refractivity (Wildman–Crippen MR) is 77.5 cm³/mol. The molecule has 0 aliphatic rings. The van der Waals surface area contributed by atoms with Crippen LogP contribution in [0.4, 0.5) is 0 Å². The number of hydrogen-bond donors (Lipinski definition) is 2. The molecule has 1 aromatic heterocycles. The molecule has 114 valence electrons. The second-order valence-electron chi connectivity index (χ2n) is 4.68. The van der Waals surface area contributed by atoms with Gasteiger partial charge in [-0.2, -0.15) is 0 Å². The third kappa shape index (κ3) is 3.96. The van der Waals surface area contributed by atoms with Gasteiger partial charge in [0.15, 0.2) is 0 Å². The number of hydrogen-bond acceptors (Lipinski definition) is 6. The van der Waals surface area contributed by atoms with Crippen LogP contribution in [0.25, 0.3) is 0 Å². The molecule has 2 rings (SSSR count). The van der Waals surface area contributed by atoms with Gasteiger partial charge in [-0.25, -0.2) is 0 Å². The first-order chi connectivity index (χ1) is 10.1. The van der Waals surface area contributed by atoms with Crippen LogP contribution < -0.4 is 14.8 Å². The molecular formula is C15H20N2O4. The largest absolute Gasteiger partial charge is 0.497 e. The summed E-state index contributed by atoms with van der Waals surface area (Å²) >= 11 is 0. The van der Waals surface area contributed by atoms with Gasteiger partial charge in [-0.15, -0.1) is 0 Å². The van der Waals surface area contributed by atoms with Gasteiger partial charge >= 0.3 is 0 Å². The van der Waals surface area contributed by atoms with E-state index in [1.807, 2.05) is 13.0 Å². The SMILES string of the molecule is COc1ccc(OC)c(C(O)CNCc2cc(C)on2)c1. The van der Waals surface area contributed by atoms with Gasteiger partial charge in [-0.05, 0) is 25.1 Å². The first kappa shape index (κ1) is 15.3. The number of aromatic nitrogens is 1. The van der Waals surface area contributed by atoms with E-state index in [0.29, 0.717) is 30.2 Å². The molecule has 1 heterocycles. The van der Waals surface area contributed by atoms with Gasteiger partial charge < -0.3 is 24.4 Å². The highest BCUT2D eigenvalue weighted by Crippen LogP contribution is 2.29. The third-order valence-electron chi connectivity index (χ3n) is 3.12. The molecule has 2 N–H and O–H groups in total. The van der Waals surface area contributed by atoms with Crippen LogP contribution in [0.5, 0.6) is 11.5 Å². The number of ether oxygens (including phenoxy) is 2. The van der Waals surface area contributed by atoms with Gasteiger partial charge in [0.1, 0.15) is 17.3 Å². The lowest BCUT2D eigenvalue weighted by atomic mass is 10.1. The van der Waals surface area contributed by atoms with Crippen molar-refractivity contribution in [3.63, 3.8) is 0 Å². The summed E-state index contributed by atoms with van der Waals surface area (Å²) in [5, 5.41) is 17.3. The summed E-state index contributed by atoms with van der Waals surface area (Å²) in [6.45, 7) is 2.74. The fourth-order valence-electron chi connectivity index (χ4n) is 2.05. The number of rotatable bonds is 7. The Labute approximate surface area is 123 Å². The summed E-state index contributed by atoms with van der Waals surface area (Å²) in [4.78, 5) is 0. The first-order valence-electron chi connectivity index (χ1n) is 6.67. The zero-order chi connectivity index (χ0) is 15.2. The summed E-state index contributed by atoms with van der Waals surface area (Å²) in [6.07, 6.45) is -0.706. The number of aryl methyl sites for hydroxylation is 1. The number of methoxy groups -OCH3 is 2. The Morgan fingerprint density at radius 2 is 2.10 bits per heavy atom. The van der Waals surface area contributed by atoms with Crippen molar-refractivity contribution in [3.05, 3.63) is 41.3 Å². The van der Waals surface area contributed by atoms with Crippen molar-refractivity contribution >= 4 is 0 Å². The summed E-state index contributed by atoms with van der Waals surface area (Å²) < 4.78 is 15.4. The van der Waals surface area contributed by atoms with Crippen molar-refractivity contribution in [2.45, 2.75) is 19.6 Å². The Hall–Kier alpha value is -2.05. The molecule has 1 atom stereocenters. The standard InChI is InChI=1S/C15H20N2O4/c1-10-6-11(17-21-10)8-16-9-14(18)13-7-12(19-2)4-5-15(13)20-3/h4-7,14,16,18H,8-9H2,1-3H3. The van der Waals surface area contributed by atoms with E-state index in [-0.39, 0.29) is 0 Å². The van der Waals surface area contributed by atoms with Gasteiger partial charge in [0.25, 0.3) is 0 Å². The van der Waals surface area contributed by atoms with Crippen LogP contribution >= 0.6 is 0 Å². The average molecular weight is 292 g/mol. The summed E-state index contributed by atoms with van der Waals surface area (Å²) in [7, 11) is 3.16. The van der Waals surface area contributed by atoms with Crippen LogP contribution in [0.3, 0.4) is 0 Å². The van der Waals surface area contributed by atoms with E-state index in [2.05, 4.69) is 10.5 Å². The minimum Gasteiger partial charge on any atom is -0.497 e. The molecule has 0 saturated carbocycles. The molecule has 0 fully saturated rings. The molecule has 6 heteroatoms. The van der Waals surface area contributed by atoms with Crippen LogP contribution in [-0.2, 0) is 6.54 Å². The molecule has 1 aromatic carbocycles. The molecule has 0 bridgehead atoms. The fourth-order valence-corrected chi connectivity index (χ4v) is 2.05. The lowest BCUT2D eigenvalue weighted by Crippen LogP contribution is -2.21. The molecule has 0 aliphatic carbocycles. The highest BCUT2D eigenvalue weighted by molar-refractivity contribution is 5.41. The number of nitrogens with zero attached hydrogens (tertiary/aromatic N) is 1. The molecule has 1 unspecified atom stereocenters. The van der Waals surface area contributed by atoms with Crippen LogP contribution in [0.1, 0.15) is 23.1 Å². The Kier molecular flexibility index (Phi) is 5.19. The quantitative estimate of drug-likeness (QED) is 0.810. The molecule has 0 amide bonds. The second kappa shape index (κ2) is 7.10. The minimum absolute atomic E-state index is 0.370. The molecular weight excluding hydrogens is 272 g/mol. The van der Waals surface area contributed by atoms with Crippen molar-refractivity contribution in [2.75, 3.05) is 20.8 Å². The van der Waals surface area contributed by atoms with Crippen LogP contribution in [0.2, 0.25) is 0 Å². The van der Waals surface area contributed by atoms with Crippen molar-refractivity contribution in [2.24, 2.45) is 0 Å². The van der Waals surface area contributed by atoms with E-state index in [1.165, 1.54) is 0 Å². The smallest absolute Gasteiger partial charge is 0.133 e. The zero-order valence-electron chi connectivity index (χ0n) is 12.4. The second-order valence-corrected chi connectivity index (χ2v) is 4.68. The molecule has 0 aliphatic heterocycles. The maximum atomic E-state index is 10.3. The van der Waals surface area contributed by atoms with Crippen molar-refractivity contribution < 1.29 is 19.1 Å². The minimum atomic E-state index is -0.706. The van der Waals surface area contributed by atoms with E-state index in [0.717, 1.165) is 11.5 Å². The lowest BCUT2D eigenvalue weighted by Gasteiger charge is -2.16. The van der Waals surface area contributed by atoms with Crippen molar-refractivity contribution in [1.82, 2.24) is 10.5 Å². The van der Waals surface area contributed by atoms with E-state index in [1.54, 1.807) is 32.4 Å². The third-order valence-corrected chi connectivity index (χ3v) is 3.12. The maximum Gasteiger partial charge on any atom is 0.133 e. The van der Waals surface area contributed by atoms with Crippen LogP contribution in [0, 0.1) is 6.92 Å². The highest BCUT2D eigenvalue weighted by Gasteiger charge is 2.14. The number of aliphatic hydroxyl groups is 1. The number of nitrogens with one attached hydrogen (secondary N) is 1. The van der Waals surface area contributed by atoms with Gasteiger partial charge in [-0.3, -0.25) is 0 Å². The molecule has 0 spiro atoms. The summed E-state index contributed by atoms with van der Waals surface area (Å²) in [5.74, 6) is 2.07. The monoisotopic (exact) mass is 292 g/mol. The number of benzene rings is 1. The lowest BCUT2D eigenvalue weighted by molar-refractivity contribution is 0.169. The van der Waals surface area contributed by atoms with Gasteiger partial charge in [0.05, 0.1) is 26.0 Å². The van der Waals surface area contributed by atoms with E-state index in [9.17, 15) is 5.11 Å². The van der Waals surface area contributed by atoms with E-state index < -0.39 is 6.10 Å². The maximum absolute atomic E-state index is 10.3. The summed E-state index contributed by atoms with van der Waals surface area (Å²) in [5.41, 5.74) is 1.48. The molecule has 0 saturated heterocycles. The summed E-state index contributed by atoms with van der Waals surface area (Å²) in [6, 6.07) is 7.19. The Balaban J connectivity index is 1.97. The van der Waals surface area contributed by atoms with Crippen molar-refractivity contribution in [1.29, 1.82) is 0 Å². The topological polar surface area (TPSA) is 76.8 Å². The Morgan fingerprint density at radius 1 is 1.29 bits per heavy atom.